The summed E-state index contributed by atoms with van der Waals surface area (Å²) in [5.74, 6) is 0.277. The van der Waals surface area contributed by atoms with Gasteiger partial charge >= 0.3 is 63.6 Å². The first-order valence-electron chi connectivity index (χ1n) is 2.53. The Morgan fingerprint density at radius 1 is 1.80 bits per heavy atom. The van der Waals surface area contributed by atoms with Crippen LogP contribution in [-0.2, 0) is 0 Å². The average molecular weight is 202 g/mol. The molecule has 0 unspecified atom stereocenters. The van der Waals surface area contributed by atoms with Crippen molar-refractivity contribution in [2.75, 3.05) is 5.73 Å². The van der Waals surface area contributed by atoms with Gasteiger partial charge in [0.15, 0.2) is 0 Å². The summed E-state index contributed by atoms with van der Waals surface area (Å²) in [6, 6.07) is 0. The Bertz CT molecular complexity index is 255. The molecule has 10 heavy (non-hydrogen) atoms. The normalized spacial score (nSPS) is 9.20. The number of anilines is 1. The molecule has 0 atom stereocenters. The zero-order chi connectivity index (χ0) is 7.56. The molecular weight excluding hydrogens is 197 g/mol. The van der Waals surface area contributed by atoms with Gasteiger partial charge < -0.3 is 0 Å². The molecule has 52 valence electrons. The Kier molecular flexibility index (Phi) is 1.95. The van der Waals surface area contributed by atoms with Crippen molar-refractivity contribution in [3.63, 3.8) is 0 Å². The molecule has 0 aliphatic rings. The van der Waals surface area contributed by atoms with Crippen LogP contribution in [0.5, 0.6) is 0 Å². The molecule has 0 bridgehead atoms. The van der Waals surface area contributed by atoms with Gasteiger partial charge in [0, 0.05) is 0 Å². The molecule has 5 heteroatoms. The van der Waals surface area contributed by atoms with Crippen molar-refractivity contribution in [2.24, 2.45) is 0 Å². The van der Waals surface area contributed by atoms with Crippen LogP contribution in [0.25, 0.3) is 0 Å². The number of nitrogen functional groups attached to an aromatic ring is 1. The minimum absolute atomic E-state index is 0.256. The van der Waals surface area contributed by atoms with Gasteiger partial charge in [-0.15, -0.1) is 0 Å². The zero-order valence-electron chi connectivity index (χ0n) is 5.29. The van der Waals surface area contributed by atoms with Crippen molar-refractivity contribution in [1.82, 2.24) is 5.16 Å². The summed E-state index contributed by atoms with van der Waals surface area (Å²) in [4.78, 5) is 2.03. The Morgan fingerprint density at radius 3 is 2.90 bits per heavy atom. The van der Waals surface area contributed by atoms with Crippen molar-refractivity contribution in [2.45, 2.75) is 6.92 Å². The monoisotopic (exact) mass is 203 g/mol. The van der Waals surface area contributed by atoms with Gasteiger partial charge in [-0.3, -0.25) is 0 Å². The topological polar surface area (TPSA) is 75.8 Å². The molecule has 0 spiro atoms. The average Bonchev–Trinajstić information content (AvgIpc) is 2.20. The van der Waals surface area contributed by atoms with Crippen molar-refractivity contribution in [3.8, 4) is 4.97 Å². The molecule has 1 rings (SSSR count). The molecule has 4 nitrogen and oxygen atoms in total. The van der Waals surface area contributed by atoms with E-state index in [4.69, 9.17) is 11.0 Å². The van der Waals surface area contributed by atoms with Gasteiger partial charge in [0.1, 0.15) is 0 Å². The Morgan fingerprint density at radius 2 is 2.50 bits per heavy atom. The molecule has 0 aromatic carbocycles. The van der Waals surface area contributed by atoms with E-state index >= 15 is 0 Å². The van der Waals surface area contributed by atoms with Gasteiger partial charge in [-0.2, -0.15) is 0 Å². The van der Waals surface area contributed by atoms with Crippen molar-refractivity contribution in [1.29, 1.82) is 5.26 Å². The second-order valence-electron chi connectivity index (χ2n) is 1.65. The molecule has 0 saturated carbocycles. The van der Waals surface area contributed by atoms with Crippen LogP contribution in [0, 0.1) is 17.2 Å². The molecule has 1 heterocycles. The standard InChI is InChI=1S/C5H5N3OSe/c1-3-4(10-2-6)5(7)9-8-3/h7H2,1H3. The molecule has 1 aromatic rings. The number of nitrogens with zero attached hydrogens (tertiary/aromatic N) is 2. The van der Waals surface area contributed by atoms with Crippen LogP contribution in [0.2, 0.25) is 0 Å². The van der Waals surface area contributed by atoms with Gasteiger partial charge in [0.2, 0.25) is 0 Å². The van der Waals surface area contributed by atoms with E-state index in [-0.39, 0.29) is 20.8 Å². The molecule has 1 aromatic heterocycles. The van der Waals surface area contributed by atoms with Gasteiger partial charge in [0.05, 0.1) is 0 Å². The van der Waals surface area contributed by atoms with Crippen LogP contribution in [-0.4, -0.2) is 20.1 Å². The second-order valence-corrected chi connectivity index (χ2v) is 3.32. The third kappa shape index (κ3) is 1.13. The van der Waals surface area contributed by atoms with Crippen LogP contribution in [0.15, 0.2) is 4.52 Å². The van der Waals surface area contributed by atoms with E-state index in [2.05, 4.69) is 9.68 Å². The van der Waals surface area contributed by atoms with Crippen LogP contribution in [0.1, 0.15) is 5.69 Å². The molecular formula is C5H5N3OSe. The summed E-state index contributed by atoms with van der Waals surface area (Å²) in [7, 11) is 0. The molecule has 2 N–H and O–H groups in total. The number of aromatic nitrogens is 1. The Hall–Kier alpha value is -0.981. The molecule has 0 amide bonds. The van der Waals surface area contributed by atoms with Crippen LogP contribution >= 0.6 is 0 Å². The quantitative estimate of drug-likeness (QED) is 0.615. The predicted molar refractivity (Wildman–Crippen MR) is 36.7 cm³/mol. The fraction of sp³-hybridized carbons (Fsp3) is 0.200. The Labute approximate surface area is 64.1 Å². The number of nitriles is 1. The number of rotatable bonds is 1. The van der Waals surface area contributed by atoms with E-state index in [1.54, 1.807) is 6.92 Å². The Balaban J connectivity index is 3.01. The van der Waals surface area contributed by atoms with E-state index in [9.17, 15) is 0 Å². The zero-order valence-corrected chi connectivity index (χ0v) is 7.00. The summed E-state index contributed by atoms with van der Waals surface area (Å²) >= 11 is -0.256. The first-order chi connectivity index (χ1) is 4.75. The van der Waals surface area contributed by atoms with Crippen molar-refractivity contribution in [3.05, 3.63) is 5.69 Å². The second kappa shape index (κ2) is 2.74. The number of hydrogen-bond acceptors (Lipinski definition) is 4. The van der Waals surface area contributed by atoms with Crippen molar-refractivity contribution < 1.29 is 4.52 Å². The van der Waals surface area contributed by atoms with Crippen LogP contribution < -0.4 is 10.2 Å². The summed E-state index contributed by atoms with van der Waals surface area (Å²) in [6.45, 7) is 1.77. The third-order valence-corrected chi connectivity index (χ3v) is 2.64. The van der Waals surface area contributed by atoms with Crippen molar-refractivity contribution >= 4 is 25.3 Å². The fourth-order valence-corrected chi connectivity index (χ4v) is 1.42. The molecule has 0 radical (unpaired) electrons. The number of aryl methyl sites for hydroxylation is 1. The first kappa shape index (κ1) is 7.13. The number of nitrogens with two attached hydrogens (primary N) is 1. The summed E-state index contributed by atoms with van der Waals surface area (Å²) < 4.78 is 5.40. The van der Waals surface area contributed by atoms with Gasteiger partial charge in [0.25, 0.3) is 0 Å². The van der Waals surface area contributed by atoms with Gasteiger partial charge in [-0.05, 0) is 0 Å². The van der Waals surface area contributed by atoms with Gasteiger partial charge in [-0.25, -0.2) is 0 Å². The minimum atomic E-state index is -0.256. The number of hydrogen-bond donors (Lipinski definition) is 1. The van der Waals surface area contributed by atoms with E-state index in [0.29, 0.717) is 0 Å². The van der Waals surface area contributed by atoms with Gasteiger partial charge in [-0.1, -0.05) is 0 Å². The molecule has 0 aliphatic carbocycles. The fourth-order valence-electron chi connectivity index (χ4n) is 0.549. The molecule has 0 saturated heterocycles. The third-order valence-electron chi connectivity index (χ3n) is 0.981. The first-order valence-corrected chi connectivity index (χ1v) is 4.24. The maximum absolute atomic E-state index is 8.34. The van der Waals surface area contributed by atoms with Crippen LogP contribution in [0.4, 0.5) is 5.88 Å². The van der Waals surface area contributed by atoms with E-state index in [0.717, 1.165) is 10.2 Å². The van der Waals surface area contributed by atoms with Crippen LogP contribution in [0.3, 0.4) is 0 Å². The summed E-state index contributed by atoms with van der Waals surface area (Å²) in [5.41, 5.74) is 6.08. The van der Waals surface area contributed by atoms with E-state index in [1.807, 2.05) is 4.97 Å². The molecule has 0 fully saturated rings. The molecule has 0 aliphatic heterocycles. The summed E-state index contributed by atoms with van der Waals surface area (Å²) in [5, 5.41) is 11.9. The van der Waals surface area contributed by atoms with E-state index < -0.39 is 0 Å². The SMILES string of the molecule is Cc1noc(N)c1[Se]C#N. The predicted octanol–water partition coefficient (Wildman–Crippen LogP) is -0.624. The summed E-state index contributed by atoms with van der Waals surface area (Å²) in [6.07, 6.45) is 0. The maximum atomic E-state index is 8.34. The van der Waals surface area contributed by atoms with E-state index in [1.165, 1.54) is 0 Å².